The number of amides is 2. The maximum Gasteiger partial charge on any atom is 0.362 e. The zero-order valence-corrected chi connectivity index (χ0v) is 24.4. The van der Waals surface area contributed by atoms with Crippen LogP contribution in [0.25, 0.3) is 0 Å². The number of anilines is 1. The fourth-order valence-corrected chi connectivity index (χ4v) is 7.07. The highest BCUT2D eigenvalue weighted by atomic mass is 32.2. The minimum absolute atomic E-state index is 0.0447. The maximum atomic E-state index is 13.3. The van der Waals surface area contributed by atoms with E-state index in [9.17, 15) is 32.5 Å². The summed E-state index contributed by atoms with van der Waals surface area (Å²) >= 11 is 2.64. The first kappa shape index (κ1) is 28.9. The van der Waals surface area contributed by atoms with Gasteiger partial charge in [-0.25, -0.2) is 14.1 Å². The van der Waals surface area contributed by atoms with Crippen LogP contribution >= 0.6 is 23.1 Å². The van der Waals surface area contributed by atoms with Crippen molar-refractivity contribution in [3.05, 3.63) is 35.6 Å². The molecule has 228 valence electrons. The van der Waals surface area contributed by atoms with E-state index in [1.165, 1.54) is 16.4 Å². The molecule has 0 bridgehead atoms. The average Bonchev–Trinajstić information content (AvgIpc) is 3.31. The number of oxime groups is 1. The number of nitrogens with one attached hydrogen (secondary N) is 1. The van der Waals surface area contributed by atoms with Crippen molar-refractivity contribution >= 4 is 62.0 Å². The summed E-state index contributed by atoms with van der Waals surface area (Å²) in [7, 11) is -4.99. The number of nitrogen functional groups attached to an aromatic ring is 1. The van der Waals surface area contributed by atoms with Gasteiger partial charge in [-0.05, 0) is 4.98 Å². The van der Waals surface area contributed by atoms with Gasteiger partial charge < -0.3 is 21.0 Å². The van der Waals surface area contributed by atoms with Crippen molar-refractivity contribution in [3.63, 3.8) is 0 Å². The molecule has 6 rings (SSSR count). The molecular weight excluding hydrogens is 631 g/mol. The molecule has 43 heavy (non-hydrogen) atoms. The first-order valence-electron chi connectivity index (χ1n) is 12.7. The zero-order chi connectivity index (χ0) is 30.5. The number of hydrogen-bond donors (Lipinski definition) is 4. The number of aromatic nitrogens is 7. The summed E-state index contributed by atoms with van der Waals surface area (Å²) in [5, 5.41) is 25.8. The Morgan fingerprint density at radius 2 is 2.16 bits per heavy atom. The molecule has 2 amide bonds. The second-order valence-corrected chi connectivity index (χ2v) is 13.4. The van der Waals surface area contributed by atoms with Crippen LogP contribution < -0.4 is 15.7 Å². The second-order valence-electron chi connectivity index (χ2n) is 9.98. The highest BCUT2D eigenvalue weighted by Crippen LogP contribution is 2.40. The Balaban J connectivity index is 1.15. The minimum Gasteiger partial charge on any atom is -0.478 e. The fraction of sp³-hybridized carbons (Fsp3) is 0.476. The molecule has 22 heteroatoms. The van der Waals surface area contributed by atoms with Gasteiger partial charge in [0.1, 0.15) is 24.3 Å². The summed E-state index contributed by atoms with van der Waals surface area (Å²) in [6.07, 6.45) is 5.36. The van der Waals surface area contributed by atoms with Crippen LogP contribution in [-0.2, 0) is 54.9 Å². The quantitative estimate of drug-likeness (QED) is 0.0525. The third-order valence-electron chi connectivity index (χ3n) is 7.00. The zero-order valence-electron chi connectivity index (χ0n) is 22.0. The maximum absolute atomic E-state index is 13.3. The van der Waals surface area contributed by atoms with Gasteiger partial charge in [-0.3, -0.25) is 14.1 Å². The summed E-state index contributed by atoms with van der Waals surface area (Å²) in [6.45, 7) is 1.29. The molecule has 0 radical (unpaired) electrons. The summed E-state index contributed by atoms with van der Waals surface area (Å²) in [4.78, 5) is 51.9. The van der Waals surface area contributed by atoms with Gasteiger partial charge in [-0.2, -0.15) is 32.8 Å². The number of carboxylic acids is 1. The lowest BCUT2D eigenvalue weighted by molar-refractivity contribution is -0.758. The number of carboxylic acid groups (broad SMARTS) is 1. The molecule has 19 nitrogen and oxygen atoms in total. The molecule has 3 aliphatic rings. The molecule has 0 spiro atoms. The van der Waals surface area contributed by atoms with Crippen molar-refractivity contribution in [3.8, 4) is 0 Å². The van der Waals surface area contributed by atoms with E-state index in [1.807, 2.05) is 9.36 Å². The molecule has 0 aromatic carbocycles. The van der Waals surface area contributed by atoms with E-state index in [2.05, 4.69) is 30.6 Å². The molecule has 2 aliphatic heterocycles. The smallest absolute Gasteiger partial charge is 0.362 e. The van der Waals surface area contributed by atoms with Crippen molar-refractivity contribution in [2.45, 2.75) is 61.2 Å². The molecule has 2 atom stereocenters. The molecule has 3 aromatic heterocycles. The Labute approximate surface area is 250 Å². The predicted molar refractivity (Wildman–Crippen MR) is 145 cm³/mol. The Bertz CT molecular complexity index is 1710. The van der Waals surface area contributed by atoms with Crippen molar-refractivity contribution in [1.29, 1.82) is 0 Å². The second kappa shape index (κ2) is 10.8. The first-order chi connectivity index (χ1) is 20.4. The number of carbonyl (C=O) groups is 3. The number of thioether (sulfide) groups is 1. The number of thiazole rings is 1. The van der Waals surface area contributed by atoms with E-state index in [4.69, 9.17) is 10.6 Å². The normalized spacial score (nSPS) is 22.6. The molecule has 5 N–H and O–H groups in total. The third-order valence-corrected chi connectivity index (χ3v) is 9.86. The summed E-state index contributed by atoms with van der Waals surface area (Å²) in [5.41, 5.74) is 4.19. The topological polar surface area (TPSA) is 254 Å². The van der Waals surface area contributed by atoms with Gasteiger partial charge in [0.15, 0.2) is 10.8 Å². The number of hydrogen-bond acceptors (Lipinski definition) is 14. The van der Waals surface area contributed by atoms with E-state index in [0.29, 0.717) is 16.7 Å². The highest BCUT2D eigenvalue weighted by molar-refractivity contribution is 7.99. The van der Waals surface area contributed by atoms with E-state index in [-0.39, 0.29) is 34.5 Å². The van der Waals surface area contributed by atoms with E-state index >= 15 is 0 Å². The van der Waals surface area contributed by atoms with Crippen LogP contribution in [0.4, 0.5) is 5.13 Å². The molecule has 1 saturated heterocycles. The summed E-state index contributed by atoms with van der Waals surface area (Å²) < 4.78 is 37.9. The fourth-order valence-electron chi connectivity index (χ4n) is 4.60. The molecule has 5 heterocycles. The van der Waals surface area contributed by atoms with Gasteiger partial charge in [0.05, 0.1) is 30.2 Å². The van der Waals surface area contributed by atoms with Gasteiger partial charge in [0.25, 0.3) is 11.8 Å². The molecule has 1 unspecified atom stereocenters. The summed E-state index contributed by atoms with van der Waals surface area (Å²) in [5.74, 6) is -2.86. The Morgan fingerprint density at radius 1 is 1.37 bits per heavy atom. The number of β-lactam (4-membered cyclic amide) rings is 1. The number of aliphatic carboxylic acids is 1. The molecule has 2 fully saturated rings. The van der Waals surface area contributed by atoms with Crippen LogP contribution in [0.5, 0.6) is 0 Å². The van der Waals surface area contributed by atoms with Crippen LogP contribution in [-0.4, -0.2) is 98.5 Å². The average molecular weight is 655 g/mol. The summed E-state index contributed by atoms with van der Waals surface area (Å²) in [6, 6.07) is -2.73. The number of nitrogens with two attached hydrogens (primary N) is 1. The third kappa shape index (κ3) is 5.77. The minimum atomic E-state index is -4.99. The number of carbonyl (C=O) groups excluding carboxylic acids is 2. The lowest BCUT2D eigenvalue weighted by Gasteiger charge is -2.43. The largest absolute Gasteiger partial charge is 0.478 e. The standard InChI is InChI=1S/C21H23N11O8S3/c22-20-25-13(8-42-20)15(28-40-21(1-2-21)19(35)36)17(33)26-16-14(32(18(16)34)43(37,38)39)6-31-24-3-11(27-31)7-41-12-4-29-9-23-10-30(29)5-12/h3,8-10,12,14,16H,1-2,4-7H2,(H4-,22,25,26,33,35,36,37,38,39)/p+1/b28-15-/t14?,16-/m0/s1. The highest BCUT2D eigenvalue weighted by Gasteiger charge is 2.56. The van der Waals surface area contributed by atoms with E-state index < -0.39 is 51.5 Å². The van der Waals surface area contributed by atoms with Crippen LogP contribution in [0, 0.1) is 0 Å². The van der Waals surface area contributed by atoms with Crippen LogP contribution in [0.1, 0.15) is 24.2 Å². The van der Waals surface area contributed by atoms with E-state index in [0.717, 1.165) is 24.4 Å². The predicted octanol–water partition coefficient (Wildman–Crippen LogP) is -2.35. The number of nitrogens with zero attached hydrogens (tertiary/aromatic N) is 9. The van der Waals surface area contributed by atoms with Crippen molar-refractivity contribution in [2.75, 3.05) is 5.73 Å². The van der Waals surface area contributed by atoms with Gasteiger partial charge >= 0.3 is 22.6 Å². The monoisotopic (exact) mass is 654 g/mol. The van der Waals surface area contributed by atoms with Gasteiger partial charge in [0.2, 0.25) is 11.9 Å². The van der Waals surface area contributed by atoms with Gasteiger partial charge in [0, 0.05) is 24.0 Å². The van der Waals surface area contributed by atoms with E-state index in [1.54, 1.807) is 24.4 Å². The lowest BCUT2D eigenvalue weighted by atomic mass is 9.98. The van der Waals surface area contributed by atoms with Crippen LogP contribution in [0.15, 0.2) is 29.4 Å². The molecule has 1 saturated carbocycles. The Morgan fingerprint density at radius 3 is 2.81 bits per heavy atom. The van der Waals surface area contributed by atoms with Gasteiger partial charge in [-0.1, -0.05) is 5.16 Å². The SMILES string of the molecule is Nc1nc(/C(=N/OC2(C(=O)O)CC2)C(=O)N[C@@H]2C(=O)N(S(=O)(=O)O)C2Cn2ncc(CSC3Cn4cnc[n+]4C3)n2)cs1. The van der Waals surface area contributed by atoms with Crippen LogP contribution in [0.2, 0.25) is 0 Å². The van der Waals surface area contributed by atoms with Crippen molar-refractivity contribution in [2.24, 2.45) is 5.16 Å². The number of rotatable bonds is 12. The number of fused-ring (bicyclic) bond motifs is 1. The van der Waals surface area contributed by atoms with Crippen molar-refractivity contribution < 1.29 is 42.0 Å². The lowest BCUT2D eigenvalue weighted by Crippen LogP contribution is -2.73. The molecule has 1 aliphatic carbocycles. The Hall–Kier alpha value is -4.15. The van der Waals surface area contributed by atoms with Gasteiger partial charge in [-0.15, -0.1) is 23.1 Å². The first-order valence-corrected chi connectivity index (χ1v) is 16.0. The van der Waals surface area contributed by atoms with Crippen molar-refractivity contribution in [1.82, 2.24) is 39.3 Å². The Kier molecular flexibility index (Phi) is 7.30. The van der Waals surface area contributed by atoms with Crippen LogP contribution in [0.3, 0.4) is 0 Å². The molecular formula is C21H24N11O8S3+. The molecule has 3 aromatic rings.